The third kappa shape index (κ3) is 3.32. The minimum absolute atomic E-state index is 0.0512. The van der Waals surface area contributed by atoms with E-state index in [-0.39, 0.29) is 23.0 Å². The van der Waals surface area contributed by atoms with E-state index >= 15 is 0 Å². The van der Waals surface area contributed by atoms with Crippen LogP contribution in [0.4, 0.5) is 4.39 Å². The topological polar surface area (TPSA) is 39.1 Å². The van der Waals surface area contributed by atoms with Crippen molar-refractivity contribution in [3.63, 3.8) is 0 Å². The molecule has 1 aliphatic heterocycles. The van der Waals surface area contributed by atoms with E-state index in [9.17, 15) is 4.39 Å². The molecule has 4 nitrogen and oxygen atoms in total. The molecule has 1 N–H and O–H groups in total. The molecule has 1 aromatic heterocycles. The minimum Gasteiger partial charge on any atom is -0.372 e. The molecule has 2 heterocycles. The summed E-state index contributed by atoms with van der Waals surface area (Å²) in [5.74, 6) is -0.355. The summed E-state index contributed by atoms with van der Waals surface area (Å²) < 4.78 is 21.6. The van der Waals surface area contributed by atoms with Crippen molar-refractivity contribution in [1.82, 2.24) is 15.1 Å². The molecule has 22 heavy (non-hydrogen) atoms. The fourth-order valence-corrected chi connectivity index (χ4v) is 3.03. The lowest BCUT2D eigenvalue weighted by atomic mass is 9.98. The molecule has 118 valence electrons. The Labute approximate surface area is 134 Å². The molecule has 0 aliphatic carbocycles. The Morgan fingerprint density at radius 2 is 2.36 bits per heavy atom. The Kier molecular flexibility index (Phi) is 4.76. The van der Waals surface area contributed by atoms with Gasteiger partial charge in [0, 0.05) is 43.6 Å². The highest BCUT2D eigenvalue weighted by Crippen LogP contribution is 2.28. The number of nitrogens with zero attached hydrogens (tertiary/aromatic N) is 2. The smallest absolute Gasteiger partial charge is 0.146 e. The Morgan fingerprint density at radius 3 is 3.14 bits per heavy atom. The molecule has 6 heteroatoms. The Balaban J connectivity index is 1.70. The van der Waals surface area contributed by atoms with Crippen LogP contribution >= 0.6 is 11.6 Å². The third-order valence-electron chi connectivity index (χ3n) is 3.96. The zero-order valence-corrected chi connectivity index (χ0v) is 13.2. The molecule has 0 spiro atoms. The maximum atomic E-state index is 14.0. The average Bonchev–Trinajstić information content (AvgIpc) is 2.95. The molecule has 1 saturated heterocycles. The summed E-state index contributed by atoms with van der Waals surface area (Å²) in [7, 11) is 1.89. The maximum absolute atomic E-state index is 14.0. The molecule has 1 aliphatic rings. The Morgan fingerprint density at radius 1 is 1.50 bits per heavy atom. The number of hydrogen-bond donors (Lipinski definition) is 1. The summed E-state index contributed by atoms with van der Waals surface area (Å²) in [5, 5.41) is 7.76. The van der Waals surface area contributed by atoms with Gasteiger partial charge in [0.1, 0.15) is 11.9 Å². The zero-order valence-electron chi connectivity index (χ0n) is 12.4. The maximum Gasteiger partial charge on any atom is 0.146 e. The number of ether oxygens (including phenoxy) is 1. The molecule has 0 saturated carbocycles. The molecule has 1 fully saturated rings. The number of benzene rings is 1. The fraction of sp³-hybridized carbons (Fsp3) is 0.438. The van der Waals surface area contributed by atoms with Gasteiger partial charge in [0.05, 0.1) is 11.2 Å². The highest BCUT2D eigenvalue weighted by atomic mass is 35.5. The summed E-state index contributed by atoms with van der Waals surface area (Å²) in [6, 6.07) is 5.20. The van der Waals surface area contributed by atoms with E-state index in [4.69, 9.17) is 16.3 Å². The summed E-state index contributed by atoms with van der Waals surface area (Å²) in [5.41, 5.74) is 1.62. The van der Waals surface area contributed by atoms with Gasteiger partial charge in [0.2, 0.25) is 0 Å². The van der Waals surface area contributed by atoms with Gasteiger partial charge in [0.15, 0.2) is 0 Å². The lowest BCUT2D eigenvalue weighted by molar-refractivity contribution is -0.0113. The van der Waals surface area contributed by atoms with Crippen LogP contribution in [-0.2, 0) is 18.3 Å². The Hall–Kier alpha value is -1.43. The summed E-state index contributed by atoms with van der Waals surface area (Å²) in [4.78, 5) is 0. The first-order chi connectivity index (χ1) is 10.6. The van der Waals surface area contributed by atoms with Gasteiger partial charge in [-0.2, -0.15) is 5.10 Å². The van der Waals surface area contributed by atoms with E-state index in [0.717, 1.165) is 25.0 Å². The van der Waals surface area contributed by atoms with Crippen LogP contribution in [0.5, 0.6) is 0 Å². The van der Waals surface area contributed by atoms with Crippen molar-refractivity contribution < 1.29 is 9.13 Å². The van der Waals surface area contributed by atoms with Crippen molar-refractivity contribution in [2.24, 2.45) is 7.05 Å². The van der Waals surface area contributed by atoms with Crippen molar-refractivity contribution in [3.05, 3.63) is 52.6 Å². The molecular weight excluding hydrogens is 305 g/mol. The number of aromatic nitrogens is 2. The van der Waals surface area contributed by atoms with Crippen molar-refractivity contribution >= 4 is 11.6 Å². The predicted molar refractivity (Wildman–Crippen MR) is 83.2 cm³/mol. The summed E-state index contributed by atoms with van der Waals surface area (Å²) in [6.45, 7) is 1.17. The lowest BCUT2D eigenvalue weighted by Crippen LogP contribution is -2.39. The normalized spacial score (nSPS) is 22.0. The van der Waals surface area contributed by atoms with E-state index in [0.29, 0.717) is 12.1 Å². The summed E-state index contributed by atoms with van der Waals surface area (Å²) >= 11 is 5.82. The number of nitrogens with one attached hydrogen (secondary N) is 1. The van der Waals surface area contributed by atoms with Crippen molar-refractivity contribution in [2.75, 3.05) is 6.61 Å². The van der Waals surface area contributed by atoms with Gasteiger partial charge >= 0.3 is 0 Å². The van der Waals surface area contributed by atoms with E-state index in [2.05, 4.69) is 10.4 Å². The first-order valence-electron chi connectivity index (χ1n) is 7.41. The van der Waals surface area contributed by atoms with Crippen LogP contribution < -0.4 is 5.32 Å². The van der Waals surface area contributed by atoms with Crippen LogP contribution in [0.3, 0.4) is 0 Å². The van der Waals surface area contributed by atoms with Crippen LogP contribution in [0.1, 0.15) is 30.1 Å². The van der Waals surface area contributed by atoms with Crippen LogP contribution in [0.2, 0.25) is 5.02 Å². The molecule has 3 rings (SSSR count). The molecule has 1 aromatic carbocycles. The number of hydrogen-bond acceptors (Lipinski definition) is 3. The van der Waals surface area contributed by atoms with Gasteiger partial charge in [-0.05, 0) is 18.9 Å². The second kappa shape index (κ2) is 6.77. The average molecular weight is 324 g/mol. The van der Waals surface area contributed by atoms with Gasteiger partial charge in [-0.1, -0.05) is 23.7 Å². The molecular formula is C16H19ClFN3O. The lowest BCUT2D eigenvalue weighted by Gasteiger charge is -2.32. The molecule has 0 bridgehead atoms. The van der Waals surface area contributed by atoms with Crippen molar-refractivity contribution in [1.29, 1.82) is 0 Å². The first kappa shape index (κ1) is 15.5. The van der Waals surface area contributed by atoms with Crippen LogP contribution in [-0.4, -0.2) is 22.4 Å². The van der Waals surface area contributed by atoms with Crippen LogP contribution in [0.25, 0.3) is 0 Å². The third-order valence-corrected chi connectivity index (χ3v) is 4.25. The second-order valence-corrected chi connectivity index (χ2v) is 5.99. The molecule has 0 radical (unpaired) electrons. The molecule has 0 amide bonds. The van der Waals surface area contributed by atoms with Crippen molar-refractivity contribution in [2.45, 2.75) is 31.5 Å². The van der Waals surface area contributed by atoms with Gasteiger partial charge < -0.3 is 10.1 Å². The minimum atomic E-state index is -0.355. The van der Waals surface area contributed by atoms with Crippen LogP contribution in [0.15, 0.2) is 30.6 Å². The zero-order chi connectivity index (χ0) is 15.5. The quantitative estimate of drug-likeness (QED) is 0.939. The molecule has 2 aromatic rings. The molecule has 2 atom stereocenters. The fourth-order valence-electron chi connectivity index (χ4n) is 2.83. The van der Waals surface area contributed by atoms with E-state index < -0.39 is 0 Å². The Bertz CT molecular complexity index is 646. The largest absolute Gasteiger partial charge is 0.372 e. The number of aryl methyl sites for hydroxylation is 1. The van der Waals surface area contributed by atoms with Gasteiger partial charge in [0.25, 0.3) is 0 Å². The SMILES string of the molecule is Cn1cc([C@H]2OCCC[C@@H]2NCc2cccc(Cl)c2F)cn1. The highest BCUT2D eigenvalue weighted by molar-refractivity contribution is 6.30. The molecule has 0 unspecified atom stereocenters. The highest BCUT2D eigenvalue weighted by Gasteiger charge is 2.28. The first-order valence-corrected chi connectivity index (χ1v) is 7.79. The predicted octanol–water partition coefficient (Wildman–Crippen LogP) is 3.22. The monoisotopic (exact) mass is 323 g/mol. The van der Waals surface area contributed by atoms with Gasteiger partial charge in [-0.25, -0.2) is 4.39 Å². The number of rotatable bonds is 4. The second-order valence-electron chi connectivity index (χ2n) is 5.58. The van der Waals surface area contributed by atoms with Crippen LogP contribution in [0, 0.1) is 5.82 Å². The van der Waals surface area contributed by atoms with Crippen molar-refractivity contribution in [3.8, 4) is 0 Å². The van der Waals surface area contributed by atoms with E-state index in [1.807, 2.05) is 19.4 Å². The number of halogens is 2. The standard InChI is InChI=1S/C16H19ClFN3O/c1-21-10-12(9-20-21)16-14(6-3-7-22-16)19-8-11-4-2-5-13(17)15(11)18/h2,4-5,9-10,14,16,19H,3,6-8H2,1H3/t14-,16+/m0/s1. The van der Waals surface area contributed by atoms with E-state index in [1.165, 1.54) is 0 Å². The van der Waals surface area contributed by atoms with Gasteiger partial charge in [-0.15, -0.1) is 0 Å². The summed E-state index contributed by atoms with van der Waals surface area (Å²) in [6.07, 6.45) is 5.72. The van der Waals surface area contributed by atoms with Gasteiger partial charge in [-0.3, -0.25) is 4.68 Å². The van der Waals surface area contributed by atoms with E-state index in [1.54, 1.807) is 22.9 Å².